The summed E-state index contributed by atoms with van der Waals surface area (Å²) in [6.45, 7) is 9.79. The molecule has 0 spiro atoms. The number of thiophene rings is 1. The van der Waals surface area contributed by atoms with E-state index in [9.17, 15) is 9.59 Å². The number of rotatable bonds is 8. The number of hydrogen-bond donors (Lipinski definition) is 0. The highest BCUT2D eigenvalue weighted by atomic mass is 32.1. The summed E-state index contributed by atoms with van der Waals surface area (Å²) in [6, 6.07) is 17.8. The number of aryl methyl sites for hydroxylation is 1. The molecule has 2 unspecified atom stereocenters. The third-order valence-corrected chi connectivity index (χ3v) is 9.82. The molecule has 8 heteroatoms. The molecule has 2 aliphatic heterocycles. The van der Waals surface area contributed by atoms with Crippen molar-refractivity contribution in [1.29, 1.82) is 0 Å². The van der Waals surface area contributed by atoms with Crippen LogP contribution in [0.3, 0.4) is 0 Å². The Morgan fingerprint density at radius 2 is 1.68 bits per heavy atom. The third-order valence-electron chi connectivity index (χ3n) is 8.96. The van der Waals surface area contributed by atoms with Crippen molar-refractivity contribution in [2.24, 2.45) is 17.8 Å². The molecule has 3 aromatic rings. The Balaban J connectivity index is 1.13. The fourth-order valence-corrected chi connectivity index (χ4v) is 7.18. The highest BCUT2D eigenvalue weighted by Gasteiger charge is 2.56. The van der Waals surface area contributed by atoms with E-state index in [0.29, 0.717) is 66.7 Å². The van der Waals surface area contributed by atoms with Gasteiger partial charge in [-0.3, -0.25) is 14.5 Å². The summed E-state index contributed by atoms with van der Waals surface area (Å²) < 4.78 is 15.5. The molecule has 40 heavy (non-hydrogen) atoms. The zero-order valence-electron chi connectivity index (χ0n) is 23.3. The largest absolute Gasteiger partial charge is 0.366 e. The first-order chi connectivity index (χ1) is 19.4. The molecule has 6 nitrogen and oxygen atoms in total. The second-order valence-electron chi connectivity index (χ2n) is 11.4. The van der Waals surface area contributed by atoms with Crippen LogP contribution < -0.4 is 9.80 Å². The lowest BCUT2D eigenvalue weighted by atomic mass is 10.1. The van der Waals surface area contributed by atoms with Crippen molar-refractivity contribution < 1.29 is 14.0 Å². The summed E-state index contributed by atoms with van der Waals surface area (Å²) in [5.74, 6) is 1.26. The summed E-state index contributed by atoms with van der Waals surface area (Å²) in [6.07, 6.45) is 1.06. The van der Waals surface area contributed by atoms with Gasteiger partial charge >= 0.3 is 0 Å². The molecule has 6 rings (SSSR count). The van der Waals surface area contributed by atoms with Gasteiger partial charge in [-0.15, -0.1) is 11.3 Å². The van der Waals surface area contributed by atoms with Crippen molar-refractivity contribution in [3.8, 4) is 0 Å². The summed E-state index contributed by atoms with van der Waals surface area (Å²) in [5, 5.41) is 1.91. The van der Waals surface area contributed by atoms with Crippen molar-refractivity contribution in [3.63, 3.8) is 0 Å². The van der Waals surface area contributed by atoms with Gasteiger partial charge in [-0.25, -0.2) is 4.39 Å². The molecule has 2 aromatic carbocycles. The molecule has 0 bridgehead atoms. The predicted molar refractivity (Wildman–Crippen MR) is 158 cm³/mol. The number of hydrogen-bond acceptors (Lipinski definition) is 5. The Morgan fingerprint density at radius 1 is 0.975 bits per heavy atom. The van der Waals surface area contributed by atoms with Crippen LogP contribution in [0.4, 0.5) is 15.8 Å². The van der Waals surface area contributed by atoms with Crippen LogP contribution >= 0.6 is 11.3 Å². The lowest BCUT2D eigenvalue weighted by Crippen LogP contribution is -2.48. The SMILES string of the molecule is CCc1ccc(CN2CC3C(C2)C3CN(C(=O)c2cccs2)c2ccc(N3CCN(C(C)=O)CC3)c(F)c2)cc1. The second kappa shape index (κ2) is 11.3. The molecule has 1 aliphatic carbocycles. The molecule has 2 amide bonds. The van der Waals surface area contributed by atoms with E-state index in [1.165, 1.54) is 28.5 Å². The van der Waals surface area contributed by atoms with Crippen LogP contribution in [0.1, 0.15) is 34.6 Å². The fourth-order valence-electron chi connectivity index (χ4n) is 6.51. The number of fused-ring (bicyclic) bond motifs is 1. The number of amides is 2. The van der Waals surface area contributed by atoms with Gasteiger partial charge < -0.3 is 14.7 Å². The highest BCUT2D eigenvalue weighted by Crippen LogP contribution is 2.52. The lowest BCUT2D eigenvalue weighted by molar-refractivity contribution is -0.129. The molecule has 2 saturated heterocycles. The van der Waals surface area contributed by atoms with E-state index in [2.05, 4.69) is 36.1 Å². The molecule has 210 valence electrons. The van der Waals surface area contributed by atoms with Gasteiger partial charge in [-0.05, 0) is 64.9 Å². The van der Waals surface area contributed by atoms with Crippen molar-refractivity contribution in [2.75, 3.05) is 55.6 Å². The van der Waals surface area contributed by atoms with Gasteiger partial charge in [0.2, 0.25) is 5.91 Å². The first kappa shape index (κ1) is 27.0. The minimum absolute atomic E-state index is 0.0526. The van der Waals surface area contributed by atoms with Crippen molar-refractivity contribution in [3.05, 3.63) is 81.8 Å². The van der Waals surface area contributed by atoms with Crippen molar-refractivity contribution in [1.82, 2.24) is 9.80 Å². The Bertz CT molecular complexity index is 1340. The van der Waals surface area contributed by atoms with Gasteiger partial charge in [0.25, 0.3) is 5.91 Å². The Hall–Kier alpha value is -3.23. The molecule has 3 aliphatic rings. The molecule has 0 N–H and O–H groups in total. The number of halogens is 1. The summed E-state index contributed by atoms with van der Waals surface area (Å²) >= 11 is 1.43. The summed E-state index contributed by atoms with van der Waals surface area (Å²) in [4.78, 5) is 34.0. The van der Waals surface area contributed by atoms with Crippen LogP contribution in [0, 0.1) is 23.6 Å². The predicted octanol–water partition coefficient (Wildman–Crippen LogP) is 5.14. The standard InChI is InChI=1S/C32H37FN4O2S/c1-3-23-6-8-24(9-7-23)18-34-19-26-27(20-34)28(26)21-37(32(39)31-5-4-16-40-31)25-10-11-30(29(33)17-25)36-14-12-35(13-15-36)22(2)38/h4-11,16-17,26-28H,3,12-15,18-21H2,1-2H3. The zero-order chi connectivity index (χ0) is 27.8. The number of piperidine rings is 1. The zero-order valence-corrected chi connectivity index (χ0v) is 24.1. The van der Waals surface area contributed by atoms with Crippen molar-refractivity contribution >= 4 is 34.5 Å². The molecule has 3 fully saturated rings. The third kappa shape index (κ3) is 5.52. The minimum atomic E-state index is -0.325. The van der Waals surface area contributed by atoms with Crippen LogP contribution in [0.15, 0.2) is 60.0 Å². The molecular weight excluding hydrogens is 523 g/mol. The molecule has 2 atom stereocenters. The second-order valence-corrected chi connectivity index (χ2v) is 12.3. The van der Waals surface area contributed by atoms with Gasteiger partial charge in [-0.1, -0.05) is 37.3 Å². The number of carbonyl (C=O) groups excluding carboxylic acids is 2. The van der Waals surface area contributed by atoms with E-state index < -0.39 is 0 Å². The first-order valence-corrected chi connectivity index (χ1v) is 15.2. The quantitative estimate of drug-likeness (QED) is 0.383. The minimum Gasteiger partial charge on any atom is -0.366 e. The number of likely N-dealkylation sites (tertiary alicyclic amines) is 1. The monoisotopic (exact) mass is 560 g/mol. The number of carbonyl (C=O) groups is 2. The molecule has 0 radical (unpaired) electrons. The van der Waals surface area contributed by atoms with Crippen LogP contribution in [-0.4, -0.2) is 67.4 Å². The summed E-state index contributed by atoms with van der Waals surface area (Å²) in [5.41, 5.74) is 3.85. The molecular formula is C32H37FN4O2S. The smallest absolute Gasteiger partial charge is 0.268 e. The maximum absolute atomic E-state index is 15.5. The summed E-state index contributed by atoms with van der Waals surface area (Å²) in [7, 11) is 0. The van der Waals surface area contributed by atoms with E-state index in [1.807, 2.05) is 28.5 Å². The van der Waals surface area contributed by atoms with Crippen LogP contribution in [0.5, 0.6) is 0 Å². The van der Waals surface area contributed by atoms with E-state index in [4.69, 9.17) is 0 Å². The Labute approximate surface area is 240 Å². The van der Waals surface area contributed by atoms with E-state index in [0.717, 1.165) is 26.1 Å². The van der Waals surface area contributed by atoms with Crippen LogP contribution in [0.2, 0.25) is 0 Å². The van der Waals surface area contributed by atoms with E-state index in [1.54, 1.807) is 22.8 Å². The topological polar surface area (TPSA) is 47.1 Å². The van der Waals surface area contributed by atoms with Gasteiger partial charge in [-0.2, -0.15) is 0 Å². The maximum atomic E-state index is 15.5. The van der Waals surface area contributed by atoms with Crippen LogP contribution in [0.25, 0.3) is 0 Å². The average Bonchev–Trinajstić information content (AvgIpc) is 3.34. The number of nitrogens with zero attached hydrogens (tertiary/aromatic N) is 4. The van der Waals surface area contributed by atoms with Gasteiger partial charge in [0.15, 0.2) is 0 Å². The Kier molecular flexibility index (Phi) is 7.64. The Morgan fingerprint density at radius 3 is 2.27 bits per heavy atom. The maximum Gasteiger partial charge on any atom is 0.268 e. The number of piperazine rings is 1. The molecule has 1 saturated carbocycles. The van der Waals surface area contributed by atoms with Crippen molar-refractivity contribution in [2.45, 2.75) is 26.8 Å². The first-order valence-electron chi connectivity index (χ1n) is 14.4. The van der Waals surface area contributed by atoms with E-state index in [-0.39, 0.29) is 17.6 Å². The normalized spacial score (nSPS) is 22.3. The van der Waals surface area contributed by atoms with E-state index >= 15 is 4.39 Å². The van der Waals surface area contributed by atoms with Gasteiger partial charge in [0, 0.05) is 65.0 Å². The molecule has 1 aromatic heterocycles. The lowest BCUT2D eigenvalue weighted by Gasteiger charge is -2.36. The van der Waals surface area contributed by atoms with Crippen LogP contribution in [-0.2, 0) is 17.8 Å². The van der Waals surface area contributed by atoms with Gasteiger partial charge in [0.1, 0.15) is 5.82 Å². The fraction of sp³-hybridized carbons (Fsp3) is 0.438. The highest BCUT2D eigenvalue weighted by molar-refractivity contribution is 7.12. The number of anilines is 2. The van der Waals surface area contributed by atoms with Gasteiger partial charge in [0.05, 0.1) is 10.6 Å². The average molecular weight is 561 g/mol. The number of benzene rings is 2. The molecule has 3 heterocycles.